The fraction of sp³-hybridized carbons (Fsp3) is 0.500. The number of piperidine rings is 1. The summed E-state index contributed by atoms with van der Waals surface area (Å²) < 4.78 is 39.9. The predicted octanol–water partition coefficient (Wildman–Crippen LogP) is 2.09. The summed E-state index contributed by atoms with van der Waals surface area (Å²) in [4.78, 5) is 11.1. The number of carboxylic acid groups (broad SMARTS) is 1. The number of benzene rings is 1. The highest BCUT2D eigenvalue weighted by molar-refractivity contribution is 7.89. The third-order valence-corrected chi connectivity index (χ3v) is 6.01. The molecular weight excluding hydrogens is 297 g/mol. The van der Waals surface area contributed by atoms with Crippen LogP contribution in [0.3, 0.4) is 0 Å². The van der Waals surface area contributed by atoms with E-state index in [1.165, 1.54) is 18.2 Å². The zero-order valence-electron chi connectivity index (χ0n) is 11.8. The lowest BCUT2D eigenvalue weighted by molar-refractivity contribution is -0.151. The Morgan fingerprint density at radius 3 is 2.67 bits per heavy atom. The van der Waals surface area contributed by atoms with Crippen LogP contribution in [-0.2, 0) is 14.8 Å². The van der Waals surface area contributed by atoms with Crippen molar-refractivity contribution in [1.82, 2.24) is 4.31 Å². The molecule has 0 bridgehead atoms. The molecule has 0 aliphatic carbocycles. The molecule has 2 rings (SSSR count). The van der Waals surface area contributed by atoms with Crippen LogP contribution in [0.25, 0.3) is 0 Å². The number of nitrogens with zero attached hydrogens (tertiary/aromatic N) is 1. The summed E-state index contributed by atoms with van der Waals surface area (Å²) in [7, 11) is -4.01. The highest BCUT2D eigenvalue weighted by Crippen LogP contribution is 2.36. The average molecular weight is 315 g/mol. The number of hydrogen-bond donors (Lipinski definition) is 1. The van der Waals surface area contributed by atoms with Crippen molar-refractivity contribution in [3.05, 3.63) is 30.1 Å². The first kappa shape index (κ1) is 15.9. The quantitative estimate of drug-likeness (QED) is 0.923. The van der Waals surface area contributed by atoms with E-state index >= 15 is 0 Å². The second-order valence-electron chi connectivity index (χ2n) is 5.31. The molecule has 0 amide bonds. The standard InChI is InChI=1S/C14H18FNO4S/c1-2-14(13(17)18)8-5-9-16(10-14)21(19,20)12-7-4-3-6-11(12)15/h3-4,6-7H,2,5,8-10H2,1H3,(H,17,18). The Morgan fingerprint density at radius 1 is 1.43 bits per heavy atom. The van der Waals surface area contributed by atoms with Crippen LogP contribution in [0.5, 0.6) is 0 Å². The maximum absolute atomic E-state index is 13.8. The number of carboxylic acids is 1. The molecule has 0 spiro atoms. The summed E-state index contributed by atoms with van der Waals surface area (Å²) >= 11 is 0. The lowest BCUT2D eigenvalue weighted by Crippen LogP contribution is -2.49. The maximum atomic E-state index is 13.8. The van der Waals surface area contributed by atoms with E-state index in [1.54, 1.807) is 6.92 Å². The van der Waals surface area contributed by atoms with Gasteiger partial charge in [-0.1, -0.05) is 19.1 Å². The molecule has 0 aromatic heterocycles. The first-order valence-corrected chi connectivity index (χ1v) is 8.25. The summed E-state index contributed by atoms with van der Waals surface area (Å²) in [6.45, 7) is 1.83. The molecule has 1 atom stereocenters. The smallest absolute Gasteiger partial charge is 0.310 e. The third kappa shape index (κ3) is 2.80. The molecule has 116 valence electrons. The molecule has 1 heterocycles. The van der Waals surface area contributed by atoms with Crippen molar-refractivity contribution in [2.24, 2.45) is 5.41 Å². The normalized spacial score (nSPS) is 23.9. The van der Waals surface area contributed by atoms with Crippen molar-refractivity contribution in [1.29, 1.82) is 0 Å². The zero-order chi connectivity index (χ0) is 15.7. The molecule has 5 nitrogen and oxygen atoms in total. The van der Waals surface area contributed by atoms with E-state index in [-0.39, 0.29) is 13.1 Å². The van der Waals surface area contributed by atoms with Gasteiger partial charge in [0.2, 0.25) is 10.0 Å². The topological polar surface area (TPSA) is 74.7 Å². The van der Waals surface area contributed by atoms with E-state index in [4.69, 9.17) is 0 Å². The number of rotatable bonds is 4. The van der Waals surface area contributed by atoms with E-state index < -0.39 is 32.1 Å². The Morgan fingerprint density at radius 2 is 2.10 bits per heavy atom. The minimum atomic E-state index is -4.01. The lowest BCUT2D eigenvalue weighted by atomic mass is 9.78. The molecule has 0 radical (unpaired) electrons. The van der Waals surface area contributed by atoms with Crippen molar-refractivity contribution in [3.63, 3.8) is 0 Å². The Hall–Kier alpha value is -1.47. The van der Waals surface area contributed by atoms with Crippen molar-refractivity contribution >= 4 is 16.0 Å². The Kier molecular flexibility index (Phi) is 4.34. The number of halogens is 1. The maximum Gasteiger partial charge on any atom is 0.310 e. The highest BCUT2D eigenvalue weighted by Gasteiger charge is 2.44. The summed E-state index contributed by atoms with van der Waals surface area (Å²) in [6, 6.07) is 5.15. The zero-order valence-corrected chi connectivity index (χ0v) is 12.6. The second-order valence-corrected chi connectivity index (χ2v) is 7.22. The fourth-order valence-corrected chi connectivity index (χ4v) is 4.33. The predicted molar refractivity (Wildman–Crippen MR) is 74.8 cm³/mol. The van der Waals surface area contributed by atoms with E-state index in [2.05, 4.69) is 0 Å². The van der Waals surface area contributed by atoms with Crippen molar-refractivity contribution in [2.45, 2.75) is 31.1 Å². The molecular formula is C14H18FNO4S. The van der Waals surface area contributed by atoms with E-state index in [0.717, 1.165) is 10.4 Å². The van der Waals surface area contributed by atoms with Gasteiger partial charge in [-0.15, -0.1) is 0 Å². The van der Waals surface area contributed by atoms with Crippen LogP contribution < -0.4 is 0 Å². The first-order valence-electron chi connectivity index (χ1n) is 6.81. The molecule has 1 aliphatic heterocycles. The molecule has 7 heteroatoms. The van der Waals surface area contributed by atoms with Crippen molar-refractivity contribution in [3.8, 4) is 0 Å². The molecule has 21 heavy (non-hydrogen) atoms. The van der Waals surface area contributed by atoms with Gasteiger partial charge in [0.25, 0.3) is 0 Å². The first-order chi connectivity index (χ1) is 9.83. The molecule has 1 aromatic rings. The number of sulfonamides is 1. The Labute approximate surface area is 123 Å². The van der Waals surface area contributed by atoms with Gasteiger partial charge in [0.05, 0.1) is 5.41 Å². The molecule has 1 unspecified atom stereocenters. The van der Waals surface area contributed by atoms with Gasteiger partial charge in [0.1, 0.15) is 10.7 Å². The largest absolute Gasteiger partial charge is 0.481 e. The molecule has 1 aromatic carbocycles. The van der Waals surface area contributed by atoms with Crippen LogP contribution in [0.1, 0.15) is 26.2 Å². The van der Waals surface area contributed by atoms with Crippen LogP contribution >= 0.6 is 0 Å². The van der Waals surface area contributed by atoms with Crippen LogP contribution in [0.15, 0.2) is 29.2 Å². The van der Waals surface area contributed by atoms with E-state index in [9.17, 15) is 22.7 Å². The SMILES string of the molecule is CCC1(C(=O)O)CCCN(S(=O)(=O)c2ccccc2F)C1. The van der Waals surface area contributed by atoms with Crippen LogP contribution in [0.4, 0.5) is 4.39 Å². The van der Waals surface area contributed by atoms with Crippen LogP contribution in [0.2, 0.25) is 0 Å². The van der Waals surface area contributed by atoms with Gasteiger partial charge in [-0.05, 0) is 31.4 Å². The van der Waals surface area contributed by atoms with Gasteiger partial charge in [-0.2, -0.15) is 4.31 Å². The average Bonchev–Trinajstić information content (AvgIpc) is 2.47. The van der Waals surface area contributed by atoms with Gasteiger partial charge in [0.15, 0.2) is 0 Å². The molecule has 1 N–H and O–H groups in total. The number of hydrogen-bond acceptors (Lipinski definition) is 3. The van der Waals surface area contributed by atoms with Gasteiger partial charge in [-0.25, -0.2) is 12.8 Å². The summed E-state index contributed by atoms with van der Waals surface area (Å²) in [5, 5.41) is 9.40. The van der Waals surface area contributed by atoms with Gasteiger partial charge < -0.3 is 5.11 Å². The summed E-state index contributed by atoms with van der Waals surface area (Å²) in [6.07, 6.45) is 1.22. The van der Waals surface area contributed by atoms with Crippen LogP contribution in [0, 0.1) is 11.2 Å². The van der Waals surface area contributed by atoms with E-state index in [1.807, 2.05) is 0 Å². The Bertz CT molecular complexity index is 646. The van der Waals surface area contributed by atoms with Crippen LogP contribution in [-0.4, -0.2) is 36.9 Å². The monoisotopic (exact) mass is 315 g/mol. The molecule has 0 saturated carbocycles. The van der Waals surface area contributed by atoms with Gasteiger partial charge in [0, 0.05) is 13.1 Å². The van der Waals surface area contributed by atoms with E-state index in [0.29, 0.717) is 19.3 Å². The summed E-state index contributed by atoms with van der Waals surface area (Å²) in [5.41, 5.74) is -1.09. The van der Waals surface area contributed by atoms with Gasteiger partial charge >= 0.3 is 5.97 Å². The third-order valence-electron chi connectivity index (χ3n) is 4.13. The van der Waals surface area contributed by atoms with Crippen molar-refractivity contribution < 1.29 is 22.7 Å². The number of carbonyl (C=O) groups is 1. The summed E-state index contributed by atoms with van der Waals surface area (Å²) in [5.74, 6) is -1.82. The fourth-order valence-electron chi connectivity index (χ4n) is 2.70. The lowest BCUT2D eigenvalue weighted by Gasteiger charge is -2.38. The van der Waals surface area contributed by atoms with Gasteiger partial charge in [-0.3, -0.25) is 4.79 Å². The van der Waals surface area contributed by atoms with Crippen molar-refractivity contribution in [2.75, 3.05) is 13.1 Å². The second kappa shape index (κ2) is 5.73. The molecule has 1 saturated heterocycles. The highest BCUT2D eigenvalue weighted by atomic mass is 32.2. The minimum absolute atomic E-state index is 0.116. The Balaban J connectivity index is 2.38. The number of aliphatic carboxylic acids is 1. The molecule has 1 aliphatic rings. The minimum Gasteiger partial charge on any atom is -0.481 e. The molecule has 1 fully saturated rings.